The van der Waals surface area contributed by atoms with Gasteiger partial charge in [-0.3, -0.25) is 0 Å². The molecule has 20 heavy (non-hydrogen) atoms. The minimum atomic E-state index is -3.52. The number of nitrogens with zero attached hydrogens (tertiary/aromatic N) is 2. The lowest BCUT2D eigenvalue weighted by molar-refractivity contribution is 0.373. The third kappa shape index (κ3) is 2.77. The second-order valence-electron chi connectivity index (χ2n) is 4.93. The van der Waals surface area contributed by atoms with Crippen molar-refractivity contribution < 1.29 is 12.9 Å². The van der Waals surface area contributed by atoms with E-state index in [0.29, 0.717) is 22.5 Å². The van der Waals surface area contributed by atoms with E-state index in [1.54, 1.807) is 13.0 Å². The normalized spacial score (nSPS) is 15.7. The second kappa shape index (κ2) is 4.94. The third-order valence-electron chi connectivity index (χ3n) is 3.12. The molecular formula is C12H15N3O3S2. The molecule has 2 aromatic heterocycles. The average molecular weight is 313 g/mol. The zero-order chi connectivity index (χ0) is 14.3. The molecule has 3 rings (SSSR count). The van der Waals surface area contributed by atoms with E-state index in [2.05, 4.69) is 14.9 Å². The van der Waals surface area contributed by atoms with E-state index in [0.717, 1.165) is 22.6 Å². The van der Waals surface area contributed by atoms with E-state index < -0.39 is 10.0 Å². The minimum absolute atomic E-state index is 0.0485. The van der Waals surface area contributed by atoms with Crippen LogP contribution < -0.4 is 4.72 Å². The van der Waals surface area contributed by atoms with Crippen LogP contribution in [0.25, 0.3) is 0 Å². The van der Waals surface area contributed by atoms with Gasteiger partial charge in [0.25, 0.3) is 0 Å². The lowest BCUT2D eigenvalue weighted by Gasteiger charge is -2.03. The van der Waals surface area contributed by atoms with E-state index in [1.807, 2.05) is 6.92 Å². The monoisotopic (exact) mass is 313 g/mol. The highest BCUT2D eigenvalue weighted by Gasteiger charge is 2.29. The van der Waals surface area contributed by atoms with Gasteiger partial charge in [0.2, 0.25) is 15.9 Å². The molecule has 0 amide bonds. The Bertz CT molecular complexity index is 729. The molecule has 0 saturated heterocycles. The van der Waals surface area contributed by atoms with Crippen molar-refractivity contribution in [3.8, 4) is 0 Å². The van der Waals surface area contributed by atoms with Crippen molar-refractivity contribution in [1.82, 2.24) is 14.9 Å². The van der Waals surface area contributed by atoms with Gasteiger partial charge in [0.05, 0.1) is 11.4 Å². The van der Waals surface area contributed by atoms with Gasteiger partial charge in [0.1, 0.15) is 0 Å². The van der Waals surface area contributed by atoms with Gasteiger partial charge in [0, 0.05) is 15.7 Å². The van der Waals surface area contributed by atoms with Gasteiger partial charge in [-0.15, -0.1) is 11.3 Å². The van der Waals surface area contributed by atoms with Crippen molar-refractivity contribution in [3.05, 3.63) is 27.5 Å². The van der Waals surface area contributed by atoms with Crippen LogP contribution >= 0.6 is 11.3 Å². The minimum Gasteiger partial charge on any atom is -0.339 e. The lowest BCUT2D eigenvalue weighted by atomic mass is 10.4. The smallest absolute Gasteiger partial charge is 0.242 e. The summed E-state index contributed by atoms with van der Waals surface area (Å²) in [5.74, 6) is 1.36. The Morgan fingerprint density at radius 2 is 2.20 bits per heavy atom. The predicted octanol–water partition coefficient (Wildman–Crippen LogP) is 2.10. The van der Waals surface area contributed by atoms with Crippen LogP contribution in [0.15, 0.2) is 15.5 Å². The molecule has 6 nitrogen and oxygen atoms in total. The zero-order valence-electron chi connectivity index (χ0n) is 11.2. The van der Waals surface area contributed by atoms with E-state index in [-0.39, 0.29) is 6.54 Å². The third-order valence-corrected chi connectivity index (χ3v) is 5.74. The van der Waals surface area contributed by atoms with E-state index in [4.69, 9.17) is 4.52 Å². The Morgan fingerprint density at radius 3 is 2.80 bits per heavy atom. The highest BCUT2D eigenvalue weighted by molar-refractivity contribution is 7.89. The number of hydrogen-bond donors (Lipinski definition) is 1. The molecule has 0 bridgehead atoms. The molecule has 1 aliphatic carbocycles. The van der Waals surface area contributed by atoms with Crippen molar-refractivity contribution in [3.63, 3.8) is 0 Å². The van der Waals surface area contributed by atoms with Gasteiger partial charge in [-0.25, -0.2) is 13.1 Å². The first-order valence-electron chi connectivity index (χ1n) is 6.35. The molecule has 1 fully saturated rings. The van der Waals surface area contributed by atoms with Crippen LogP contribution in [-0.4, -0.2) is 18.6 Å². The average Bonchev–Trinajstić information content (AvgIpc) is 3.02. The zero-order valence-corrected chi connectivity index (χ0v) is 12.8. The molecule has 0 aliphatic heterocycles. The number of sulfonamides is 1. The van der Waals surface area contributed by atoms with Gasteiger partial charge in [-0.05, 0) is 32.8 Å². The molecule has 8 heteroatoms. The number of hydrogen-bond acceptors (Lipinski definition) is 6. The van der Waals surface area contributed by atoms with Crippen LogP contribution in [0.1, 0.15) is 40.2 Å². The summed E-state index contributed by atoms with van der Waals surface area (Å²) in [6.45, 7) is 3.73. The fourth-order valence-electron chi connectivity index (χ4n) is 1.95. The molecule has 0 radical (unpaired) electrons. The maximum absolute atomic E-state index is 12.2. The number of aryl methyl sites for hydroxylation is 2. The summed E-state index contributed by atoms with van der Waals surface area (Å²) in [6, 6.07) is 1.67. The molecular weight excluding hydrogens is 298 g/mol. The number of thiophene rings is 1. The summed E-state index contributed by atoms with van der Waals surface area (Å²) in [5, 5.41) is 3.79. The Labute approximate surface area is 121 Å². The summed E-state index contributed by atoms with van der Waals surface area (Å²) in [5.41, 5.74) is 0. The Kier molecular flexibility index (Phi) is 3.39. The SMILES string of the molecule is Cc1cc(S(=O)(=O)NCc2noc(C3CC3)n2)c(C)s1. The first-order chi connectivity index (χ1) is 9.45. The fraction of sp³-hybridized carbons (Fsp3) is 0.500. The van der Waals surface area contributed by atoms with Crippen LogP contribution in [0.5, 0.6) is 0 Å². The van der Waals surface area contributed by atoms with Crippen molar-refractivity contribution in [2.45, 2.75) is 44.0 Å². The van der Waals surface area contributed by atoms with Gasteiger partial charge < -0.3 is 4.52 Å². The Balaban J connectivity index is 1.71. The van der Waals surface area contributed by atoms with Crippen LogP contribution in [0, 0.1) is 13.8 Å². The summed E-state index contributed by atoms with van der Waals surface area (Å²) in [7, 11) is -3.52. The van der Waals surface area contributed by atoms with E-state index in [9.17, 15) is 8.42 Å². The number of aromatic nitrogens is 2. The topological polar surface area (TPSA) is 85.1 Å². The summed E-state index contributed by atoms with van der Waals surface area (Å²) < 4.78 is 32.0. The standard InChI is InChI=1S/C12H15N3O3S2/c1-7-5-10(8(2)19-7)20(16,17)13-6-11-14-12(18-15-11)9-3-4-9/h5,9,13H,3-4,6H2,1-2H3. The van der Waals surface area contributed by atoms with Crippen LogP contribution in [-0.2, 0) is 16.6 Å². The molecule has 0 unspecified atom stereocenters. The van der Waals surface area contributed by atoms with E-state index in [1.165, 1.54) is 11.3 Å². The van der Waals surface area contributed by atoms with Crippen LogP contribution in [0.4, 0.5) is 0 Å². The molecule has 108 valence electrons. The summed E-state index contributed by atoms with van der Waals surface area (Å²) in [6.07, 6.45) is 2.14. The lowest BCUT2D eigenvalue weighted by Crippen LogP contribution is -2.24. The highest BCUT2D eigenvalue weighted by atomic mass is 32.2. The predicted molar refractivity (Wildman–Crippen MR) is 74.1 cm³/mol. The maximum Gasteiger partial charge on any atom is 0.242 e. The summed E-state index contributed by atoms with van der Waals surface area (Å²) >= 11 is 1.47. The Hall–Kier alpha value is -1.25. The van der Waals surface area contributed by atoms with Crippen molar-refractivity contribution in [2.24, 2.45) is 0 Å². The molecule has 0 spiro atoms. The number of nitrogens with one attached hydrogen (secondary N) is 1. The largest absolute Gasteiger partial charge is 0.339 e. The van der Waals surface area contributed by atoms with Crippen molar-refractivity contribution >= 4 is 21.4 Å². The van der Waals surface area contributed by atoms with Crippen molar-refractivity contribution in [1.29, 1.82) is 0 Å². The second-order valence-corrected chi connectivity index (χ2v) is 8.12. The van der Waals surface area contributed by atoms with Crippen LogP contribution in [0.2, 0.25) is 0 Å². The van der Waals surface area contributed by atoms with E-state index >= 15 is 0 Å². The molecule has 0 atom stereocenters. The molecule has 0 aromatic carbocycles. The van der Waals surface area contributed by atoms with Gasteiger partial charge >= 0.3 is 0 Å². The Morgan fingerprint density at radius 1 is 1.45 bits per heavy atom. The van der Waals surface area contributed by atoms with Crippen molar-refractivity contribution in [2.75, 3.05) is 0 Å². The molecule has 1 N–H and O–H groups in total. The molecule has 2 heterocycles. The quantitative estimate of drug-likeness (QED) is 0.913. The first-order valence-corrected chi connectivity index (χ1v) is 8.65. The molecule has 2 aromatic rings. The number of rotatable bonds is 5. The maximum atomic E-state index is 12.2. The summed E-state index contributed by atoms with van der Waals surface area (Å²) in [4.78, 5) is 6.27. The fourth-order valence-corrected chi connectivity index (χ4v) is 4.48. The van der Waals surface area contributed by atoms with Gasteiger partial charge in [-0.1, -0.05) is 5.16 Å². The highest BCUT2D eigenvalue weighted by Crippen LogP contribution is 2.38. The van der Waals surface area contributed by atoms with Crippen LogP contribution in [0.3, 0.4) is 0 Å². The van der Waals surface area contributed by atoms with Gasteiger partial charge in [-0.2, -0.15) is 4.98 Å². The molecule has 1 aliphatic rings. The molecule has 1 saturated carbocycles. The first kappa shape index (κ1) is 13.7. The van der Waals surface area contributed by atoms with Gasteiger partial charge in [0.15, 0.2) is 5.82 Å².